The van der Waals surface area contributed by atoms with Gasteiger partial charge in [0.25, 0.3) is 5.91 Å². The van der Waals surface area contributed by atoms with Crippen molar-refractivity contribution in [2.75, 3.05) is 46.4 Å². The van der Waals surface area contributed by atoms with Gasteiger partial charge < -0.3 is 25.4 Å². The van der Waals surface area contributed by atoms with Gasteiger partial charge in [0, 0.05) is 69.9 Å². The van der Waals surface area contributed by atoms with E-state index >= 15 is 0 Å². The molecular formula is C34H45N5O6S. The minimum atomic E-state index is -3.67. The Balaban J connectivity index is 1.50. The molecule has 3 N–H and O–H groups in total. The van der Waals surface area contributed by atoms with Crippen LogP contribution in [0.15, 0.2) is 70.1 Å². The van der Waals surface area contributed by atoms with Gasteiger partial charge in [-0.05, 0) is 62.6 Å². The van der Waals surface area contributed by atoms with Crippen LogP contribution in [0.4, 0.5) is 10.5 Å². The Morgan fingerprint density at radius 1 is 1.11 bits per heavy atom. The lowest BCUT2D eigenvalue weighted by Gasteiger charge is -2.36. The van der Waals surface area contributed by atoms with E-state index in [0.717, 1.165) is 17.5 Å². The Kier molecular flexibility index (Phi) is 11.1. The second kappa shape index (κ2) is 14.6. The first-order valence-corrected chi connectivity index (χ1v) is 16.9. The van der Waals surface area contributed by atoms with Crippen LogP contribution in [0.3, 0.4) is 0 Å². The van der Waals surface area contributed by atoms with E-state index < -0.39 is 21.7 Å². The number of fused-ring (bicyclic) bond motifs is 1. The Bertz CT molecular complexity index is 1640. The number of amides is 2. The molecule has 1 fully saturated rings. The van der Waals surface area contributed by atoms with Crippen LogP contribution in [0.25, 0.3) is 17.2 Å². The molecule has 12 heteroatoms. The standard InChI is InChI=1S/C34H45N5O6S/c1-6-14-38(16-8-7-15-37(5)33(42)45-34(2,3)4)32(41)28-17-27-13-12-26(19-30(27)36-31(35)20-28)25-10-9-11-29(18-25)46(43,44)39-21-24(22-39)23-40/h7-13,17-19,24,40H,6,14-16,20-23H2,1-5H3,(H2,35,36)/b8-7+. The molecule has 2 aromatic carbocycles. The second-order valence-corrected chi connectivity index (χ2v) is 14.6. The summed E-state index contributed by atoms with van der Waals surface area (Å²) in [5.41, 5.74) is 9.04. The van der Waals surface area contributed by atoms with Gasteiger partial charge in [-0.15, -0.1) is 0 Å². The molecule has 0 saturated carbocycles. The first kappa shape index (κ1) is 34.9. The van der Waals surface area contributed by atoms with Crippen molar-refractivity contribution in [3.63, 3.8) is 0 Å². The number of aliphatic hydroxyl groups excluding tert-OH is 1. The van der Waals surface area contributed by atoms with Crippen LogP contribution in [0.5, 0.6) is 0 Å². The molecule has 0 atom stereocenters. The predicted molar refractivity (Wildman–Crippen MR) is 180 cm³/mol. The highest BCUT2D eigenvalue weighted by Gasteiger charge is 2.36. The maximum Gasteiger partial charge on any atom is 0.410 e. The number of benzene rings is 2. The third-order valence-corrected chi connectivity index (χ3v) is 9.44. The number of hydrogen-bond acceptors (Lipinski definition) is 8. The molecule has 4 rings (SSSR count). The molecule has 2 aliphatic heterocycles. The summed E-state index contributed by atoms with van der Waals surface area (Å²) in [4.78, 5) is 33.9. The number of hydrogen-bond donors (Lipinski definition) is 2. The summed E-state index contributed by atoms with van der Waals surface area (Å²) < 4.78 is 33.0. The molecule has 0 aromatic heterocycles. The molecule has 46 heavy (non-hydrogen) atoms. The molecule has 0 radical (unpaired) electrons. The summed E-state index contributed by atoms with van der Waals surface area (Å²) in [5, 5.41) is 9.28. The molecule has 2 heterocycles. The monoisotopic (exact) mass is 651 g/mol. The fourth-order valence-electron chi connectivity index (χ4n) is 5.12. The lowest BCUT2D eigenvalue weighted by molar-refractivity contribution is -0.126. The first-order valence-electron chi connectivity index (χ1n) is 15.5. The SMILES string of the molecule is CCCN(C/C=C/CN(C)C(=O)OC(C)(C)C)C(=O)C1=Cc2ccc(-c3cccc(S(=O)(=O)N4CC(CO)C4)c3)cc2N=C(N)C1. The summed E-state index contributed by atoms with van der Waals surface area (Å²) in [6.07, 6.45) is 6.06. The molecule has 0 bridgehead atoms. The molecule has 11 nitrogen and oxygen atoms in total. The number of carbonyl (C=O) groups is 2. The number of aliphatic hydroxyl groups is 1. The molecule has 2 aliphatic rings. The van der Waals surface area contributed by atoms with E-state index in [1.165, 1.54) is 9.21 Å². The number of nitrogens with zero attached hydrogens (tertiary/aromatic N) is 4. The molecule has 0 spiro atoms. The number of likely N-dealkylation sites (N-methyl/N-ethyl adjacent to an activating group) is 1. The van der Waals surface area contributed by atoms with Gasteiger partial charge >= 0.3 is 6.09 Å². The molecule has 0 aliphatic carbocycles. The summed E-state index contributed by atoms with van der Waals surface area (Å²) >= 11 is 0. The average Bonchev–Trinajstić information content (AvgIpc) is 3.14. The van der Waals surface area contributed by atoms with Gasteiger partial charge in [0.05, 0.1) is 10.6 Å². The van der Waals surface area contributed by atoms with Crippen LogP contribution < -0.4 is 5.73 Å². The fraction of sp³-hybridized carbons (Fsp3) is 0.441. The Hall–Kier alpha value is -4.00. The minimum Gasteiger partial charge on any atom is -0.444 e. The van der Waals surface area contributed by atoms with Gasteiger partial charge in [0.15, 0.2) is 0 Å². The van der Waals surface area contributed by atoms with E-state index in [1.54, 1.807) is 30.1 Å². The van der Waals surface area contributed by atoms with Crippen molar-refractivity contribution in [3.8, 4) is 11.1 Å². The van der Waals surface area contributed by atoms with E-state index in [-0.39, 0.29) is 29.7 Å². The fourth-order valence-corrected chi connectivity index (χ4v) is 6.76. The lowest BCUT2D eigenvalue weighted by Crippen LogP contribution is -2.51. The largest absolute Gasteiger partial charge is 0.444 e. The number of rotatable bonds is 11. The zero-order chi connectivity index (χ0) is 33.6. The number of ether oxygens (including phenoxy) is 1. The molecule has 2 aromatic rings. The van der Waals surface area contributed by atoms with Crippen LogP contribution >= 0.6 is 0 Å². The van der Waals surface area contributed by atoms with Crippen LogP contribution in [0.1, 0.15) is 46.1 Å². The van der Waals surface area contributed by atoms with Gasteiger partial charge in [0.1, 0.15) is 11.4 Å². The van der Waals surface area contributed by atoms with Gasteiger partial charge in [-0.2, -0.15) is 4.31 Å². The van der Waals surface area contributed by atoms with Crippen LogP contribution in [0.2, 0.25) is 0 Å². The molecule has 0 unspecified atom stereocenters. The van der Waals surface area contributed by atoms with Crippen molar-refractivity contribution in [2.45, 2.75) is 51.0 Å². The minimum absolute atomic E-state index is 0.0287. The van der Waals surface area contributed by atoms with E-state index in [4.69, 9.17) is 10.5 Å². The maximum atomic E-state index is 13.7. The number of nitrogens with two attached hydrogens (primary N) is 1. The zero-order valence-electron chi connectivity index (χ0n) is 27.3. The number of sulfonamides is 1. The molecule has 248 valence electrons. The highest BCUT2D eigenvalue weighted by molar-refractivity contribution is 7.89. The summed E-state index contributed by atoms with van der Waals surface area (Å²) in [5.74, 6) is 0.127. The van der Waals surface area contributed by atoms with E-state index in [1.807, 2.05) is 70.2 Å². The predicted octanol–water partition coefficient (Wildman–Crippen LogP) is 4.40. The third kappa shape index (κ3) is 8.62. The van der Waals surface area contributed by atoms with Crippen molar-refractivity contribution >= 4 is 39.6 Å². The highest BCUT2D eigenvalue weighted by Crippen LogP contribution is 2.34. The normalized spacial score (nSPS) is 15.8. The molecule has 1 saturated heterocycles. The van der Waals surface area contributed by atoms with Crippen molar-refractivity contribution in [3.05, 3.63) is 65.8 Å². The second-order valence-electron chi connectivity index (χ2n) is 12.7. The van der Waals surface area contributed by atoms with E-state index in [9.17, 15) is 23.1 Å². The van der Waals surface area contributed by atoms with Crippen molar-refractivity contribution in [1.29, 1.82) is 0 Å². The van der Waals surface area contributed by atoms with Crippen molar-refractivity contribution in [2.24, 2.45) is 16.6 Å². The number of amidine groups is 1. The van der Waals surface area contributed by atoms with Crippen LogP contribution in [-0.2, 0) is 19.6 Å². The van der Waals surface area contributed by atoms with E-state index in [2.05, 4.69) is 4.99 Å². The van der Waals surface area contributed by atoms with Crippen LogP contribution in [0, 0.1) is 5.92 Å². The van der Waals surface area contributed by atoms with Gasteiger partial charge in [-0.3, -0.25) is 4.79 Å². The van der Waals surface area contributed by atoms with E-state index in [0.29, 0.717) is 55.4 Å². The highest BCUT2D eigenvalue weighted by atomic mass is 32.2. The number of carbonyl (C=O) groups excluding carboxylic acids is 2. The number of aliphatic imine (C=N–C) groups is 1. The Labute approximate surface area is 272 Å². The summed E-state index contributed by atoms with van der Waals surface area (Å²) in [6.45, 7) is 9.29. The van der Waals surface area contributed by atoms with Gasteiger partial charge in [0.2, 0.25) is 10.0 Å². The Morgan fingerprint density at radius 3 is 2.48 bits per heavy atom. The van der Waals surface area contributed by atoms with Crippen LogP contribution in [-0.4, -0.2) is 97.4 Å². The molecular weight excluding hydrogens is 606 g/mol. The lowest BCUT2D eigenvalue weighted by atomic mass is 10.0. The zero-order valence-corrected chi connectivity index (χ0v) is 28.1. The van der Waals surface area contributed by atoms with Gasteiger partial charge in [-0.25, -0.2) is 18.2 Å². The quantitative estimate of drug-likeness (QED) is 0.343. The molecule has 2 amide bonds. The Morgan fingerprint density at radius 2 is 1.80 bits per heavy atom. The summed E-state index contributed by atoms with van der Waals surface area (Å²) in [6, 6.07) is 12.3. The van der Waals surface area contributed by atoms with Crippen molar-refractivity contribution < 1.29 is 27.9 Å². The summed E-state index contributed by atoms with van der Waals surface area (Å²) in [7, 11) is -2.00. The third-order valence-electron chi connectivity index (χ3n) is 7.62. The first-order chi connectivity index (χ1) is 21.7. The smallest absolute Gasteiger partial charge is 0.410 e. The topological polar surface area (TPSA) is 146 Å². The average molecular weight is 652 g/mol. The maximum absolute atomic E-state index is 13.7. The van der Waals surface area contributed by atoms with Crippen molar-refractivity contribution in [1.82, 2.24) is 14.1 Å². The van der Waals surface area contributed by atoms with Gasteiger partial charge in [-0.1, -0.05) is 43.3 Å².